The Bertz CT molecular complexity index is 878. The summed E-state index contributed by atoms with van der Waals surface area (Å²) in [4.78, 5) is 35.5. The summed E-state index contributed by atoms with van der Waals surface area (Å²) in [6.07, 6.45) is 1.59. The summed E-state index contributed by atoms with van der Waals surface area (Å²) in [5.41, 5.74) is 1.59. The first-order valence-corrected chi connectivity index (χ1v) is 10.7. The molecule has 2 fully saturated rings. The molecule has 4 rings (SSSR count). The minimum atomic E-state index is -0.0627. The molecule has 2 amide bonds. The number of amides is 2. The van der Waals surface area contributed by atoms with Gasteiger partial charge in [0.25, 0.3) is 5.91 Å². The van der Waals surface area contributed by atoms with Gasteiger partial charge in [0, 0.05) is 57.1 Å². The Kier molecular flexibility index (Phi) is 7.11. The van der Waals surface area contributed by atoms with Crippen molar-refractivity contribution >= 4 is 11.8 Å². The van der Waals surface area contributed by atoms with E-state index in [1.807, 2.05) is 35.2 Å². The first-order valence-electron chi connectivity index (χ1n) is 10.7. The number of piperazine rings is 1. The molecule has 3 heterocycles. The third-order valence-corrected chi connectivity index (χ3v) is 5.59. The lowest BCUT2D eigenvalue weighted by Crippen LogP contribution is -2.53. The molecule has 2 aliphatic rings. The molecule has 0 saturated carbocycles. The second-order valence-corrected chi connectivity index (χ2v) is 7.72. The number of hydrogen-bond donors (Lipinski definition) is 0. The van der Waals surface area contributed by atoms with Gasteiger partial charge < -0.3 is 19.3 Å². The number of pyridine rings is 1. The Morgan fingerprint density at radius 2 is 1.65 bits per heavy atom. The molecule has 0 radical (unpaired) electrons. The van der Waals surface area contributed by atoms with Crippen LogP contribution in [0.5, 0.6) is 5.88 Å². The molecule has 0 unspecified atom stereocenters. The number of hydrogen-bond acceptors (Lipinski definition) is 6. The Morgan fingerprint density at radius 1 is 0.935 bits per heavy atom. The van der Waals surface area contributed by atoms with E-state index >= 15 is 0 Å². The molecule has 0 atom stereocenters. The van der Waals surface area contributed by atoms with Gasteiger partial charge in [-0.2, -0.15) is 0 Å². The lowest BCUT2D eigenvalue weighted by atomic mass is 10.2. The smallest absolute Gasteiger partial charge is 0.254 e. The number of aromatic nitrogens is 1. The number of rotatable bonds is 6. The third-order valence-electron chi connectivity index (χ3n) is 5.59. The van der Waals surface area contributed by atoms with E-state index in [-0.39, 0.29) is 11.8 Å². The monoisotopic (exact) mass is 424 g/mol. The maximum absolute atomic E-state index is 12.9. The van der Waals surface area contributed by atoms with E-state index < -0.39 is 0 Å². The van der Waals surface area contributed by atoms with Gasteiger partial charge in [-0.15, -0.1) is 0 Å². The number of ether oxygens (including phenoxy) is 2. The van der Waals surface area contributed by atoms with Crippen LogP contribution in [0.3, 0.4) is 0 Å². The third kappa shape index (κ3) is 5.80. The van der Waals surface area contributed by atoms with Gasteiger partial charge in [-0.3, -0.25) is 14.5 Å². The van der Waals surface area contributed by atoms with Gasteiger partial charge in [0.2, 0.25) is 11.8 Å². The summed E-state index contributed by atoms with van der Waals surface area (Å²) in [5.74, 6) is 0.482. The Balaban J connectivity index is 1.27. The molecular weight excluding hydrogens is 396 g/mol. The Labute approximate surface area is 182 Å². The molecule has 1 aromatic heterocycles. The SMILES string of the molecule is O=C(CN1CCOCC1)N1CCN(C(=O)c2ccnc(OCc3ccccc3)c2)CC1. The highest BCUT2D eigenvalue weighted by Crippen LogP contribution is 2.15. The topological polar surface area (TPSA) is 75.2 Å². The van der Waals surface area contributed by atoms with E-state index in [9.17, 15) is 9.59 Å². The van der Waals surface area contributed by atoms with Crippen LogP contribution in [0, 0.1) is 0 Å². The van der Waals surface area contributed by atoms with Gasteiger partial charge in [0.05, 0.1) is 19.8 Å². The van der Waals surface area contributed by atoms with Crippen LogP contribution in [0.15, 0.2) is 48.7 Å². The zero-order valence-corrected chi connectivity index (χ0v) is 17.6. The number of nitrogens with zero attached hydrogens (tertiary/aromatic N) is 4. The molecule has 2 aromatic rings. The second kappa shape index (κ2) is 10.4. The molecule has 8 heteroatoms. The first-order chi connectivity index (χ1) is 15.2. The molecule has 0 N–H and O–H groups in total. The Morgan fingerprint density at radius 3 is 2.39 bits per heavy atom. The lowest BCUT2D eigenvalue weighted by molar-refractivity contribution is -0.134. The molecule has 0 aliphatic carbocycles. The van der Waals surface area contributed by atoms with Crippen molar-refractivity contribution < 1.29 is 19.1 Å². The van der Waals surface area contributed by atoms with Crippen molar-refractivity contribution in [2.75, 3.05) is 59.0 Å². The second-order valence-electron chi connectivity index (χ2n) is 7.72. The predicted octanol–water partition coefficient (Wildman–Crippen LogP) is 1.28. The van der Waals surface area contributed by atoms with Gasteiger partial charge in [-0.1, -0.05) is 30.3 Å². The highest BCUT2D eigenvalue weighted by Gasteiger charge is 2.26. The van der Waals surface area contributed by atoms with E-state index in [1.54, 1.807) is 23.2 Å². The number of morpholine rings is 1. The normalized spacial score (nSPS) is 17.4. The Hall–Kier alpha value is -2.97. The maximum Gasteiger partial charge on any atom is 0.254 e. The van der Waals surface area contributed by atoms with Crippen molar-refractivity contribution in [2.45, 2.75) is 6.61 Å². The van der Waals surface area contributed by atoms with Crippen LogP contribution in [0.1, 0.15) is 15.9 Å². The first kappa shape index (κ1) is 21.3. The summed E-state index contributed by atoms with van der Waals surface area (Å²) < 4.78 is 11.1. The fourth-order valence-corrected chi connectivity index (χ4v) is 3.74. The summed E-state index contributed by atoms with van der Waals surface area (Å²) in [6.45, 7) is 5.92. The van der Waals surface area contributed by atoms with Gasteiger partial charge in [0.15, 0.2) is 0 Å². The van der Waals surface area contributed by atoms with Crippen molar-refractivity contribution in [2.24, 2.45) is 0 Å². The van der Waals surface area contributed by atoms with Crippen LogP contribution < -0.4 is 4.74 Å². The van der Waals surface area contributed by atoms with Gasteiger partial charge in [-0.05, 0) is 11.6 Å². The number of carbonyl (C=O) groups excluding carboxylic acids is 2. The van der Waals surface area contributed by atoms with Crippen LogP contribution >= 0.6 is 0 Å². The molecule has 2 aliphatic heterocycles. The fourth-order valence-electron chi connectivity index (χ4n) is 3.74. The standard InChI is InChI=1S/C23H28N4O4/c28-22(17-25-12-14-30-15-13-25)26-8-10-27(11-9-26)23(29)20-6-7-24-21(16-20)31-18-19-4-2-1-3-5-19/h1-7,16H,8-15,17-18H2. The summed E-state index contributed by atoms with van der Waals surface area (Å²) >= 11 is 0. The van der Waals surface area contributed by atoms with E-state index in [2.05, 4.69) is 9.88 Å². The van der Waals surface area contributed by atoms with Gasteiger partial charge in [-0.25, -0.2) is 4.98 Å². The molecule has 164 valence electrons. The van der Waals surface area contributed by atoms with E-state index in [1.165, 1.54) is 0 Å². The zero-order chi connectivity index (χ0) is 21.5. The molecule has 31 heavy (non-hydrogen) atoms. The predicted molar refractivity (Wildman–Crippen MR) is 115 cm³/mol. The largest absolute Gasteiger partial charge is 0.473 e. The molecule has 1 aromatic carbocycles. The number of benzene rings is 1. The fraction of sp³-hybridized carbons (Fsp3) is 0.435. The van der Waals surface area contributed by atoms with E-state index in [0.29, 0.717) is 64.0 Å². The van der Waals surface area contributed by atoms with Gasteiger partial charge >= 0.3 is 0 Å². The van der Waals surface area contributed by atoms with Crippen molar-refractivity contribution in [3.05, 3.63) is 59.8 Å². The molecule has 0 spiro atoms. The molecular formula is C23H28N4O4. The maximum atomic E-state index is 12.9. The highest BCUT2D eigenvalue weighted by atomic mass is 16.5. The van der Waals surface area contributed by atoms with Crippen LogP contribution in [0.25, 0.3) is 0 Å². The molecule has 8 nitrogen and oxygen atoms in total. The van der Waals surface area contributed by atoms with Crippen LogP contribution in [-0.2, 0) is 16.1 Å². The molecule has 0 bridgehead atoms. The average molecular weight is 425 g/mol. The van der Waals surface area contributed by atoms with E-state index in [4.69, 9.17) is 9.47 Å². The van der Waals surface area contributed by atoms with Crippen LogP contribution in [0.2, 0.25) is 0 Å². The summed E-state index contributed by atoms with van der Waals surface area (Å²) in [6, 6.07) is 13.2. The zero-order valence-electron chi connectivity index (χ0n) is 17.6. The van der Waals surface area contributed by atoms with Crippen LogP contribution in [-0.4, -0.2) is 90.5 Å². The van der Waals surface area contributed by atoms with Crippen LogP contribution in [0.4, 0.5) is 0 Å². The average Bonchev–Trinajstić information content (AvgIpc) is 2.84. The van der Waals surface area contributed by atoms with Gasteiger partial charge in [0.1, 0.15) is 6.61 Å². The van der Waals surface area contributed by atoms with E-state index in [0.717, 1.165) is 18.7 Å². The minimum absolute atomic E-state index is 0.0627. The highest BCUT2D eigenvalue weighted by molar-refractivity contribution is 5.94. The quantitative estimate of drug-likeness (QED) is 0.696. The van der Waals surface area contributed by atoms with Crippen molar-refractivity contribution in [3.63, 3.8) is 0 Å². The summed E-state index contributed by atoms with van der Waals surface area (Å²) in [5, 5.41) is 0. The van der Waals surface area contributed by atoms with Crippen molar-refractivity contribution in [1.29, 1.82) is 0 Å². The molecule has 2 saturated heterocycles. The lowest BCUT2D eigenvalue weighted by Gasteiger charge is -2.36. The minimum Gasteiger partial charge on any atom is -0.473 e. The summed E-state index contributed by atoms with van der Waals surface area (Å²) in [7, 11) is 0. The number of carbonyl (C=O) groups is 2. The van der Waals surface area contributed by atoms with Crippen molar-refractivity contribution in [1.82, 2.24) is 19.7 Å². The van der Waals surface area contributed by atoms with Crippen molar-refractivity contribution in [3.8, 4) is 5.88 Å².